The molecular weight excluding hydrogens is 374 g/mol. The predicted octanol–water partition coefficient (Wildman–Crippen LogP) is 3.63. The lowest BCUT2D eigenvalue weighted by molar-refractivity contribution is 0.0921. The quantitative estimate of drug-likeness (QED) is 0.707. The average Bonchev–Trinajstić information content (AvgIpc) is 3.26. The third-order valence-corrected chi connectivity index (χ3v) is 6.74. The number of aromatic nitrogens is 3. The van der Waals surface area contributed by atoms with E-state index in [-0.39, 0.29) is 11.9 Å². The first-order chi connectivity index (χ1) is 14.8. The number of carbonyl (C=O) groups is 1. The van der Waals surface area contributed by atoms with E-state index in [1.54, 1.807) is 6.20 Å². The maximum atomic E-state index is 12.9. The molecule has 6 heteroatoms. The van der Waals surface area contributed by atoms with Gasteiger partial charge in [-0.3, -0.25) is 19.4 Å². The van der Waals surface area contributed by atoms with Crippen LogP contribution >= 0.6 is 0 Å². The Kier molecular flexibility index (Phi) is 5.49. The van der Waals surface area contributed by atoms with Crippen molar-refractivity contribution in [2.75, 3.05) is 13.1 Å². The highest BCUT2D eigenvalue weighted by Gasteiger charge is 2.24. The zero-order valence-electron chi connectivity index (χ0n) is 17.3. The van der Waals surface area contributed by atoms with Gasteiger partial charge in [-0.05, 0) is 68.8 Å². The van der Waals surface area contributed by atoms with Crippen molar-refractivity contribution in [3.05, 3.63) is 60.0 Å². The summed E-state index contributed by atoms with van der Waals surface area (Å²) < 4.78 is 2.12. The number of pyridine rings is 1. The smallest absolute Gasteiger partial charge is 0.252 e. The summed E-state index contributed by atoms with van der Waals surface area (Å²) in [5.74, 6) is 0.800. The van der Waals surface area contributed by atoms with Gasteiger partial charge >= 0.3 is 0 Å². The van der Waals surface area contributed by atoms with Crippen LogP contribution in [0.4, 0.5) is 0 Å². The van der Waals surface area contributed by atoms with Gasteiger partial charge in [-0.15, -0.1) is 0 Å². The van der Waals surface area contributed by atoms with E-state index < -0.39 is 0 Å². The summed E-state index contributed by atoms with van der Waals surface area (Å²) >= 11 is 0. The zero-order chi connectivity index (χ0) is 20.3. The minimum Gasteiger partial charge on any atom is -0.349 e. The van der Waals surface area contributed by atoms with Crippen LogP contribution in [0.25, 0.3) is 10.9 Å². The van der Waals surface area contributed by atoms with E-state index in [9.17, 15) is 4.79 Å². The van der Waals surface area contributed by atoms with Gasteiger partial charge in [-0.25, -0.2) is 0 Å². The van der Waals surface area contributed by atoms with Crippen molar-refractivity contribution in [3.8, 4) is 0 Å². The fourth-order valence-corrected chi connectivity index (χ4v) is 4.96. The summed E-state index contributed by atoms with van der Waals surface area (Å²) in [4.78, 5) is 19.8. The van der Waals surface area contributed by atoms with E-state index in [0.717, 1.165) is 61.4 Å². The Balaban J connectivity index is 1.10. The topological polar surface area (TPSA) is 63.1 Å². The van der Waals surface area contributed by atoms with Crippen LogP contribution in [0.15, 0.2) is 48.8 Å². The molecule has 1 aliphatic carbocycles. The van der Waals surface area contributed by atoms with E-state index in [1.165, 1.54) is 25.0 Å². The highest BCUT2D eigenvalue weighted by Crippen LogP contribution is 2.28. The number of benzene rings is 1. The molecule has 30 heavy (non-hydrogen) atoms. The number of rotatable bonds is 5. The second-order valence-corrected chi connectivity index (χ2v) is 8.68. The Labute approximate surface area is 177 Å². The third-order valence-electron chi connectivity index (χ3n) is 6.74. The third kappa shape index (κ3) is 4.10. The van der Waals surface area contributed by atoms with Crippen LogP contribution in [0.3, 0.4) is 0 Å². The van der Waals surface area contributed by atoms with Crippen LogP contribution < -0.4 is 5.32 Å². The summed E-state index contributed by atoms with van der Waals surface area (Å²) in [5, 5.41) is 8.56. The molecule has 2 aliphatic rings. The van der Waals surface area contributed by atoms with E-state index in [0.29, 0.717) is 0 Å². The minimum atomic E-state index is 0.0296. The van der Waals surface area contributed by atoms with Crippen molar-refractivity contribution >= 4 is 16.8 Å². The normalized spacial score (nSPS) is 22.0. The summed E-state index contributed by atoms with van der Waals surface area (Å²) in [6.45, 7) is 4.28. The molecule has 1 fully saturated rings. The van der Waals surface area contributed by atoms with Crippen molar-refractivity contribution in [3.63, 3.8) is 0 Å². The summed E-state index contributed by atoms with van der Waals surface area (Å²) in [7, 11) is 0. The van der Waals surface area contributed by atoms with Crippen LogP contribution in [-0.4, -0.2) is 44.7 Å². The Bertz CT molecular complexity index is 1020. The maximum absolute atomic E-state index is 12.9. The van der Waals surface area contributed by atoms with Gasteiger partial charge in [-0.2, -0.15) is 5.10 Å². The highest BCUT2D eigenvalue weighted by atomic mass is 16.1. The average molecular weight is 404 g/mol. The van der Waals surface area contributed by atoms with E-state index >= 15 is 0 Å². The zero-order valence-corrected chi connectivity index (χ0v) is 17.3. The molecule has 0 unspecified atom stereocenters. The second-order valence-electron chi connectivity index (χ2n) is 8.68. The first kappa shape index (κ1) is 19.2. The van der Waals surface area contributed by atoms with Crippen LogP contribution in [0.5, 0.6) is 0 Å². The molecule has 2 aromatic heterocycles. The van der Waals surface area contributed by atoms with Gasteiger partial charge in [0.15, 0.2) is 0 Å². The van der Waals surface area contributed by atoms with E-state index in [2.05, 4.69) is 31.0 Å². The number of hydrogen-bond acceptors (Lipinski definition) is 4. The first-order valence-electron chi connectivity index (χ1n) is 11.1. The van der Waals surface area contributed by atoms with Gasteiger partial charge in [0, 0.05) is 42.5 Å². The van der Waals surface area contributed by atoms with E-state index in [1.807, 2.05) is 36.5 Å². The van der Waals surface area contributed by atoms with Crippen LogP contribution in [0.2, 0.25) is 0 Å². The largest absolute Gasteiger partial charge is 0.349 e. The van der Waals surface area contributed by atoms with Crippen LogP contribution in [0, 0.1) is 5.92 Å². The number of hydrogen-bond donors (Lipinski definition) is 1. The molecule has 6 nitrogen and oxygen atoms in total. The van der Waals surface area contributed by atoms with E-state index in [4.69, 9.17) is 0 Å². The fraction of sp³-hybridized carbons (Fsp3) is 0.458. The lowest BCUT2D eigenvalue weighted by Crippen LogP contribution is -2.39. The lowest BCUT2D eigenvalue weighted by Gasteiger charge is -2.32. The molecule has 0 bridgehead atoms. The molecule has 1 saturated carbocycles. The Hall–Kier alpha value is -2.73. The highest BCUT2D eigenvalue weighted by molar-refractivity contribution is 6.06. The first-order valence-corrected chi connectivity index (χ1v) is 11.1. The number of carbonyl (C=O) groups excluding carboxylic acids is 1. The fourth-order valence-electron chi connectivity index (χ4n) is 4.96. The summed E-state index contributed by atoms with van der Waals surface area (Å²) in [6.07, 6.45) is 9.48. The van der Waals surface area contributed by atoms with Gasteiger partial charge < -0.3 is 5.32 Å². The molecule has 1 N–H and O–H groups in total. The molecule has 1 amide bonds. The molecule has 1 aromatic carbocycles. The number of nitrogens with zero attached hydrogens (tertiary/aromatic N) is 4. The van der Waals surface area contributed by atoms with Crippen LogP contribution in [0.1, 0.15) is 48.2 Å². The Morgan fingerprint density at radius 1 is 1.03 bits per heavy atom. The predicted molar refractivity (Wildman–Crippen MR) is 117 cm³/mol. The lowest BCUT2D eigenvalue weighted by atomic mass is 9.84. The molecule has 1 aliphatic heterocycles. The molecular formula is C24H29N5O. The maximum Gasteiger partial charge on any atom is 0.252 e. The monoisotopic (exact) mass is 403 g/mol. The van der Waals surface area contributed by atoms with Crippen molar-refractivity contribution in [1.82, 2.24) is 25.0 Å². The SMILES string of the molecule is O=C(NC1CCC(CCN2CCn3nccc3C2)CC1)c1cccc2ncccc12. The molecule has 0 atom stereocenters. The number of nitrogens with one attached hydrogen (secondary N) is 1. The van der Waals surface area contributed by atoms with Crippen molar-refractivity contribution in [2.24, 2.45) is 5.92 Å². The second kappa shape index (κ2) is 8.56. The number of fused-ring (bicyclic) bond motifs is 2. The molecule has 5 rings (SSSR count). The minimum absolute atomic E-state index is 0.0296. The van der Waals surface area contributed by atoms with Crippen molar-refractivity contribution in [1.29, 1.82) is 0 Å². The van der Waals surface area contributed by atoms with Gasteiger partial charge in [0.2, 0.25) is 0 Å². The van der Waals surface area contributed by atoms with Gasteiger partial charge in [0.1, 0.15) is 0 Å². The van der Waals surface area contributed by atoms with Gasteiger partial charge in [0.25, 0.3) is 5.91 Å². The Morgan fingerprint density at radius 2 is 1.93 bits per heavy atom. The van der Waals surface area contributed by atoms with Crippen molar-refractivity contribution < 1.29 is 4.79 Å². The molecule has 0 spiro atoms. The summed E-state index contributed by atoms with van der Waals surface area (Å²) in [5.41, 5.74) is 2.93. The Morgan fingerprint density at radius 3 is 2.83 bits per heavy atom. The van der Waals surface area contributed by atoms with Gasteiger partial charge in [0.05, 0.1) is 17.8 Å². The van der Waals surface area contributed by atoms with Crippen LogP contribution in [-0.2, 0) is 13.1 Å². The molecule has 3 heterocycles. The molecule has 3 aromatic rings. The van der Waals surface area contributed by atoms with Gasteiger partial charge in [-0.1, -0.05) is 12.1 Å². The summed E-state index contributed by atoms with van der Waals surface area (Å²) in [6, 6.07) is 12.0. The molecule has 156 valence electrons. The number of amides is 1. The molecule has 0 saturated heterocycles. The standard InChI is InChI=1S/C24H29N5O/c30-24(22-3-1-5-23-21(22)4-2-12-25-23)27-19-8-6-18(7-9-19)11-14-28-15-16-29-20(17-28)10-13-26-29/h1-5,10,12-13,18-19H,6-9,11,14-17H2,(H,27,30). The van der Waals surface area contributed by atoms with Crippen molar-refractivity contribution in [2.45, 2.75) is 51.2 Å². The molecule has 0 radical (unpaired) electrons.